The fraction of sp³-hybridized carbons (Fsp3) is 0.500. The van der Waals surface area contributed by atoms with E-state index in [1.165, 1.54) is 0 Å². The van der Waals surface area contributed by atoms with E-state index in [0.717, 1.165) is 11.3 Å². The van der Waals surface area contributed by atoms with Crippen molar-refractivity contribution in [3.8, 4) is 0 Å². The maximum absolute atomic E-state index is 5.87. The van der Waals surface area contributed by atoms with Crippen LogP contribution in [-0.4, -0.2) is 11.6 Å². The highest BCUT2D eigenvalue weighted by Gasteiger charge is 2.21. The Kier molecular flexibility index (Phi) is 3.48. The summed E-state index contributed by atoms with van der Waals surface area (Å²) in [5, 5.41) is 0.505. The zero-order valence-corrected chi connectivity index (χ0v) is 9.43. The lowest BCUT2D eigenvalue weighted by molar-refractivity contribution is 0.0964. The van der Waals surface area contributed by atoms with E-state index in [9.17, 15) is 0 Å². The molecule has 3 nitrogen and oxygen atoms in total. The first-order valence-corrected chi connectivity index (χ1v) is 4.80. The molecule has 1 aromatic heterocycles. The Balaban J connectivity index is 3.05. The Bertz CT molecular complexity index is 306. The number of hydrogen-bond donors (Lipinski definition) is 1. The standard InChI is InChI=1S/C10H15ClN2O/c1-7-4-8(5-9(11)13-7)10(2,3)6-14-12/h4-5H,6,12H2,1-3H3. The van der Waals surface area contributed by atoms with Gasteiger partial charge in [-0.15, -0.1) is 0 Å². The van der Waals surface area contributed by atoms with Crippen molar-refractivity contribution in [3.05, 3.63) is 28.5 Å². The molecule has 0 saturated heterocycles. The van der Waals surface area contributed by atoms with Crippen LogP contribution in [0.15, 0.2) is 12.1 Å². The fourth-order valence-corrected chi connectivity index (χ4v) is 1.56. The molecule has 0 aromatic carbocycles. The van der Waals surface area contributed by atoms with Gasteiger partial charge in [0.25, 0.3) is 0 Å². The largest absolute Gasteiger partial charge is 0.304 e. The SMILES string of the molecule is Cc1cc(C(C)(C)CON)cc(Cl)n1. The monoisotopic (exact) mass is 214 g/mol. The van der Waals surface area contributed by atoms with Gasteiger partial charge in [-0.1, -0.05) is 25.4 Å². The van der Waals surface area contributed by atoms with Crippen molar-refractivity contribution in [2.45, 2.75) is 26.2 Å². The quantitative estimate of drug-likeness (QED) is 0.620. The first-order chi connectivity index (χ1) is 6.45. The van der Waals surface area contributed by atoms with Crippen molar-refractivity contribution in [1.29, 1.82) is 0 Å². The first-order valence-electron chi connectivity index (χ1n) is 4.42. The molecule has 0 unspecified atom stereocenters. The summed E-state index contributed by atoms with van der Waals surface area (Å²) in [6, 6.07) is 3.83. The number of aromatic nitrogens is 1. The van der Waals surface area contributed by atoms with E-state index in [-0.39, 0.29) is 5.41 Å². The van der Waals surface area contributed by atoms with Gasteiger partial charge in [0.2, 0.25) is 0 Å². The summed E-state index contributed by atoms with van der Waals surface area (Å²) in [6.07, 6.45) is 0. The topological polar surface area (TPSA) is 48.1 Å². The maximum atomic E-state index is 5.87. The summed E-state index contributed by atoms with van der Waals surface area (Å²) in [6.45, 7) is 6.46. The molecule has 0 bridgehead atoms. The van der Waals surface area contributed by atoms with Crippen LogP contribution < -0.4 is 5.90 Å². The van der Waals surface area contributed by atoms with Gasteiger partial charge in [0, 0.05) is 11.1 Å². The molecule has 0 aliphatic rings. The molecule has 78 valence electrons. The lowest BCUT2D eigenvalue weighted by Crippen LogP contribution is -2.26. The van der Waals surface area contributed by atoms with Gasteiger partial charge in [0.1, 0.15) is 5.15 Å². The molecule has 0 spiro atoms. The van der Waals surface area contributed by atoms with E-state index in [1.807, 2.05) is 32.9 Å². The summed E-state index contributed by atoms with van der Waals surface area (Å²) in [4.78, 5) is 8.78. The van der Waals surface area contributed by atoms with Gasteiger partial charge in [-0.05, 0) is 24.6 Å². The molecule has 0 radical (unpaired) electrons. The molecular weight excluding hydrogens is 200 g/mol. The molecular formula is C10H15ClN2O. The van der Waals surface area contributed by atoms with Crippen LogP contribution in [0.25, 0.3) is 0 Å². The van der Waals surface area contributed by atoms with Crippen molar-refractivity contribution in [2.24, 2.45) is 5.90 Å². The average Bonchev–Trinajstić information content (AvgIpc) is 2.02. The van der Waals surface area contributed by atoms with Gasteiger partial charge in [0.15, 0.2) is 0 Å². The lowest BCUT2D eigenvalue weighted by Gasteiger charge is -2.24. The van der Waals surface area contributed by atoms with Crippen molar-refractivity contribution < 1.29 is 4.84 Å². The van der Waals surface area contributed by atoms with Gasteiger partial charge in [-0.3, -0.25) is 0 Å². The molecule has 2 N–H and O–H groups in total. The summed E-state index contributed by atoms with van der Waals surface area (Å²) in [7, 11) is 0. The molecule has 0 amide bonds. The molecule has 0 saturated carbocycles. The Morgan fingerprint density at radius 2 is 2.14 bits per heavy atom. The molecule has 0 fully saturated rings. The number of halogens is 1. The van der Waals surface area contributed by atoms with E-state index < -0.39 is 0 Å². The molecule has 4 heteroatoms. The van der Waals surface area contributed by atoms with Crippen LogP contribution in [0.5, 0.6) is 0 Å². The van der Waals surface area contributed by atoms with Gasteiger partial charge < -0.3 is 4.84 Å². The van der Waals surface area contributed by atoms with Crippen molar-refractivity contribution in [1.82, 2.24) is 4.98 Å². The fourth-order valence-electron chi connectivity index (χ4n) is 1.31. The molecule has 1 aromatic rings. The second-order valence-corrected chi connectivity index (χ2v) is 4.40. The molecule has 0 atom stereocenters. The third kappa shape index (κ3) is 2.67. The average molecular weight is 215 g/mol. The third-order valence-electron chi connectivity index (χ3n) is 2.15. The lowest BCUT2D eigenvalue weighted by atomic mass is 9.86. The minimum atomic E-state index is -0.147. The predicted molar refractivity (Wildman–Crippen MR) is 57.1 cm³/mol. The molecule has 1 heterocycles. The van der Waals surface area contributed by atoms with Gasteiger partial charge in [-0.25, -0.2) is 10.9 Å². The van der Waals surface area contributed by atoms with E-state index in [1.54, 1.807) is 0 Å². The van der Waals surface area contributed by atoms with E-state index in [4.69, 9.17) is 17.5 Å². The van der Waals surface area contributed by atoms with E-state index in [0.29, 0.717) is 11.8 Å². The van der Waals surface area contributed by atoms with Crippen LogP contribution in [0.1, 0.15) is 25.1 Å². The molecule has 0 aliphatic heterocycles. The molecule has 14 heavy (non-hydrogen) atoms. The summed E-state index contributed by atoms with van der Waals surface area (Å²) in [5.41, 5.74) is 1.84. The second-order valence-electron chi connectivity index (χ2n) is 4.01. The van der Waals surface area contributed by atoms with Crippen LogP contribution in [0.3, 0.4) is 0 Å². The number of aryl methyl sites for hydroxylation is 1. The highest BCUT2D eigenvalue weighted by molar-refractivity contribution is 6.29. The zero-order chi connectivity index (χ0) is 10.8. The van der Waals surface area contributed by atoms with E-state index >= 15 is 0 Å². The van der Waals surface area contributed by atoms with Crippen LogP contribution in [-0.2, 0) is 10.3 Å². The number of rotatable bonds is 3. The van der Waals surface area contributed by atoms with Gasteiger partial charge >= 0.3 is 0 Å². The van der Waals surface area contributed by atoms with Crippen LogP contribution in [0.2, 0.25) is 5.15 Å². The predicted octanol–water partition coefficient (Wildman–Crippen LogP) is 2.21. The number of pyridine rings is 1. The number of nitrogens with two attached hydrogens (primary N) is 1. The van der Waals surface area contributed by atoms with Crippen LogP contribution in [0, 0.1) is 6.92 Å². The molecule has 0 aliphatic carbocycles. The highest BCUT2D eigenvalue weighted by atomic mass is 35.5. The maximum Gasteiger partial charge on any atom is 0.129 e. The van der Waals surface area contributed by atoms with Gasteiger partial charge in [0.05, 0.1) is 6.61 Å². The van der Waals surface area contributed by atoms with Gasteiger partial charge in [-0.2, -0.15) is 0 Å². The number of nitrogens with zero attached hydrogens (tertiary/aromatic N) is 1. The number of hydrogen-bond acceptors (Lipinski definition) is 3. The Morgan fingerprint density at radius 3 is 2.64 bits per heavy atom. The van der Waals surface area contributed by atoms with Crippen molar-refractivity contribution >= 4 is 11.6 Å². The van der Waals surface area contributed by atoms with Crippen molar-refractivity contribution in [2.75, 3.05) is 6.61 Å². The highest BCUT2D eigenvalue weighted by Crippen LogP contribution is 2.25. The minimum absolute atomic E-state index is 0.147. The Labute approximate surface area is 89.2 Å². The Hall–Kier alpha value is -0.640. The van der Waals surface area contributed by atoms with E-state index in [2.05, 4.69) is 9.82 Å². The Morgan fingerprint density at radius 1 is 1.50 bits per heavy atom. The van der Waals surface area contributed by atoms with Crippen molar-refractivity contribution in [3.63, 3.8) is 0 Å². The normalized spacial score (nSPS) is 11.8. The summed E-state index contributed by atoms with van der Waals surface area (Å²) < 4.78 is 0. The smallest absolute Gasteiger partial charge is 0.129 e. The molecule has 1 rings (SSSR count). The summed E-state index contributed by atoms with van der Waals surface area (Å²) >= 11 is 5.87. The summed E-state index contributed by atoms with van der Waals surface area (Å²) in [5.74, 6) is 5.08. The first kappa shape index (κ1) is 11.4. The zero-order valence-electron chi connectivity index (χ0n) is 8.67. The minimum Gasteiger partial charge on any atom is -0.304 e. The van der Waals surface area contributed by atoms with Crippen LogP contribution >= 0.6 is 11.6 Å². The van der Waals surface area contributed by atoms with Crippen LogP contribution in [0.4, 0.5) is 0 Å². The third-order valence-corrected chi connectivity index (χ3v) is 2.34. The second kappa shape index (κ2) is 4.26.